The van der Waals surface area contributed by atoms with E-state index in [1.807, 2.05) is 12.1 Å². The molecule has 0 aromatic heterocycles. The summed E-state index contributed by atoms with van der Waals surface area (Å²) < 4.78 is 10.5. The molecule has 0 spiro atoms. The van der Waals surface area contributed by atoms with Gasteiger partial charge in [0, 0.05) is 5.02 Å². The largest absolute Gasteiger partial charge is 0.547 e. The average molecular weight is 298 g/mol. The van der Waals surface area contributed by atoms with Gasteiger partial charge in [-0.25, -0.2) is 0 Å². The number of epoxide rings is 1. The van der Waals surface area contributed by atoms with Gasteiger partial charge in [0.15, 0.2) is 0 Å². The number of carboxylic acid groups (broad SMARTS) is 1. The van der Waals surface area contributed by atoms with Crippen molar-refractivity contribution in [1.29, 1.82) is 0 Å². The van der Waals surface area contributed by atoms with Gasteiger partial charge in [-0.15, -0.1) is 0 Å². The van der Waals surface area contributed by atoms with Crippen molar-refractivity contribution in [3.63, 3.8) is 0 Å². The first kappa shape index (κ1) is 15.1. The molecule has 2 rings (SSSR count). The molecule has 1 fully saturated rings. The molecule has 0 bridgehead atoms. The number of carboxylic acids is 1. The monoisotopic (exact) mass is 297 g/mol. The van der Waals surface area contributed by atoms with E-state index in [-0.39, 0.29) is 0 Å². The minimum absolute atomic E-state index is 0.301. The maximum atomic E-state index is 10.8. The topological polar surface area (TPSA) is 61.9 Å². The van der Waals surface area contributed by atoms with Gasteiger partial charge < -0.3 is 19.4 Å². The van der Waals surface area contributed by atoms with Gasteiger partial charge in [0.25, 0.3) is 0 Å². The number of aliphatic carboxylic acids is 1. The molecule has 20 heavy (non-hydrogen) atoms. The van der Waals surface area contributed by atoms with Crippen LogP contribution < -0.4 is 9.84 Å². The van der Waals surface area contributed by atoms with Gasteiger partial charge in [-0.1, -0.05) is 30.9 Å². The van der Waals surface area contributed by atoms with Gasteiger partial charge in [0.2, 0.25) is 0 Å². The van der Waals surface area contributed by atoms with Crippen LogP contribution in [0.1, 0.15) is 32.1 Å². The van der Waals surface area contributed by atoms with Crippen LogP contribution in [-0.4, -0.2) is 24.8 Å². The molecule has 1 aromatic rings. The fourth-order valence-corrected chi connectivity index (χ4v) is 2.16. The molecule has 1 aromatic carbocycles. The van der Waals surface area contributed by atoms with Crippen molar-refractivity contribution in [2.45, 2.75) is 37.7 Å². The second kappa shape index (κ2) is 6.95. The minimum atomic E-state index is -1.08. The van der Waals surface area contributed by atoms with Crippen LogP contribution in [0.25, 0.3) is 0 Å². The number of rotatable bonds is 9. The summed E-state index contributed by atoms with van der Waals surface area (Å²) in [5.74, 6) is -0.264. The molecular weight excluding hydrogens is 280 g/mol. The summed E-state index contributed by atoms with van der Waals surface area (Å²) in [5.41, 5.74) is -0.972. The Labute approximate surface area is 123 Å². The Morgan fingerprint density at radius 1 is 1.25 bits per heavy atom. The number of carbonyl (C=O) groups excluding carboxylic acids is 1. The molecule has 1 aliphatic rings. The fraction of sp³-hybridized carbons (Fsp3) is 0.533. The van der Waals surface area contributed by atoms with Crippen LogP contribution >= 0.6 is 11.6 Å². The SMILES string of the molecule is O=C([O-])[C@@]1(CCCCCCOc2ccc(Cl)cc2)CO1. The number of halogens is 1. The standard InChI is InChI=1S/C15H19ClO4/c16-12-5-7-13(8-6-12)19-10-4-2-1-3-9-15(11-20-15)14(17)18/h5-8H,1-4,9-11H2,(H,17,18)/p-1/t15-/m1/s1. The molecule has 1 saturated heterocycles. The van der Waals surface area contributed by atoms with E-state index in [1.54, 1.807) is 12.1 Å². The van der Waals surface area contributed by atoms with Crippen molar-refractivity contribution < 1.29 is 19.4 Å². The lowest BCUT2D eigenvalue weighted by atomic mass is 10.0. The van der Waals surface area contributed by atoms with E-state index in [4.69, 9.17) is 21.1 Å². The normalized spacial score (nSPS) is 20.6. The van der Waals surface area contributed by atoms with Gasteiger partial charge >= 0.3 is 0 Å². The summed E-state index contributed by atoms with van der Waals surface area (Å²) in [5, 5.41) is 11.5. The Hall–Kier alpha value is -1.26. The van der Waals surface area contributed by atoms with Crippen LogP contribution in [-0.2, 0) is 9.53 Å². The van der Waals surface area contributed by atoms with Crippen LogP contribution in [0.2, 0.25) is 5.02 Å². The van der Waals surface area contributed by atoms with E-state index in [2.05, 4.69) is 0 Å². The van der Waals surface area contributed by atoms with Gasteiger partial charge in [0.1, 0.15) is 11.4 Å². The highest BCUT2D eigenvalue weighted by Crippen LogP contribution is 2.32. The average Bonchev–Trinajstić information content (AvgIpc) is 3.21. The van der Waals surface area contributed by atoms with Gasteiger partial charge in [-0.3, -0.25) is 0 Å². The third-order valence-electron chi connectivity index (χ3n) is 3.42. The summed E-state index contributed by atoms with van der Waals surface area (Å²) in [6.45, 7) is 0.957. The maximum absolute atomic E-state index is 10.8. The van der Waals surface area contributed by atoms with Crippen LogP contribution in [0.5, 0.6) is 5.75 Å². The van der Waals surface area contributed by atoms with Crippen LogP contribution in [0.4, 0.5) is 0 Å². The van der Waals surface area contributed by atoms with Crippen molar-refractivity contribution >= 4 is 17.6 Å². The quantitative estimate of drug-likeness (QED) is 0.518. The maximum Gasteiger partial charge on any atom is 0.131 e. The molecule has 0 N–H and O–H groups in total. The smallest absolute Gasteiger partial charge is 0.131 e. The van der Waals surface area contributed by atoms with Gasteiger partial charge in [0.05, 0.1) is 19.2 Å². The molecule has 0 aliphatic carbocycles. The van der Waals surface area contributed by atoms with Crippen LogP contribution in [0, 0.1) is 0 Å². The second-order valence-corrected chi connectivity index (χ2v) is 5.47. The van der Waals surface area contributed by atoms with Crippen molar-refractivity contribution in [2.75, 3.05) is 13.2 Å². The number of hydrogen-bond acceptors (Lipinski definition) is 4. The zero-order valence-electron chi connectivity index (χ0n) is 11.3. The Kier molecular flexibility index (Phi) is 5.26. The fourth-order valence-electron chi connectivity index (χ4n) is 2.04. The van der Waals surface area contributed by atoms with Crippen molar-refractivity contribution in [3.8, 4) is 5.75 Å². The Morgan fingerprint density at radius 3 is 2.50 bits per heavy atom. The number of ether oxygens (including phenoxy) is 2. The minimum Gasteiger partial charge on any atom is -0.547 e. The van der Waals surface area contributed by atoms with Crippen LogP contribution in [0.3, 0.4) is 0 Å². The van der Waals surface area contributed by atoms with E-state index < -0.39 is 11.6 Å². The highest BCUT2D eigenvalue weighted by atomic mass is 35.5. The molecule has 0 saturated carbocycles. The third-order valence-corrected chi connectivity index (χ3v) is 3.67. The number of benzene rings is 1. The molecule has 5 heteroatoms. The predicted octanol–water partition coefficient (Wildman–Crippen LogP) is 2.19. The zero-order valence-corrected chi connectivity index (χ0v) is 12.0. The van der Waals surface area contributed by atoms with E-state index in [9.17, 15) is 9.90 Å². The first-order chi connectivity index (χ1) is 9.62. The summed E-state index contributed by atoms with van der Waals surface area (Å²) >= 11 is 5.78. The summed E-state index contributed by atoms with van der Waals surface area (Å²) in [6, 6.07) is 7.28. The predicted molar refractivity (Wildman–Crippen MR) is 73.7 cm³/mol. The van der Waals surface area contributed by atoms with E-state index in [0.717, 1.165) is 31.4 Å². The second-order valence-electron chi connectivity index (χ2n) is 5.04. The summed E-state index contributed by atoms with van der Waals surface area (Å²) in [6.07, 6.45) is 4.32. The van der Waals surface area contributed by atoms with Crippen molar-refractivity contribution in [3.05, 3.63) is 29.3 Å². The first-order valence-electron chi connectivity index (χ1n) is 6.86. The molecule has 4 nitrogen and oxygen atoms in total. The molecular formula is C15H18ClO4-. The first-order valence-corrected chi connectivity index (χ1v) is 7.24. The molecule has 0 amide bonds. The lowest BCUT2D eigenvalue weighted by Crippen LogP contribution is -2.38. The van der Waals surface area contributed by atoms with E-state index >= 15 is 0 Å². The Bertz CT molecular complexity index is 440. The van der Waals surface area contributed by atoms with Crippen molar-refractivity contribution in [2.24, 2.45) is 0 Å². The number of hydrogen-bond donors (Lipinski definition) is 0. The Morgan fingerprint density at radius 2 is 1.90 bits per heavy atom. The molecule has 0 unspecified atom stereocenters. The highest BCUT2D eigenvalue weighted by molar-refractivity contribution is 6.30. The van der Waals surface area contributed by atoms with E-state index in [1.165, 1.54) is 0 Å². The summed E-state index contributed by atoms with van der Waals surface area (Å²) in [7, 11) is 0. The third kappa shape index (κ3) is 4.39. The summed E-state index contributed by atoms with van der Waals surface area (Å²) in [4.78, 5) is 10.8. The van der Waals surface area contributed by atoms with Gasteiger partial charge in [-0.05, 0) is 37.1 Å². The lowest BCUT2D eigenvalue weighted by Gasteiger charge is -2.12. The molecule has 1 heterocycles. The lowest BCUT2D eigenvalue weighted by molar-refractivity contribution is -0.312. The van der Waals surface area contributed by atoms with E-state index in [0.29, 0.717) is 24.7 Å². The molecule has 0 radical (unpaired) electrons. The number of carbonyl (C=O) groups is 1. The molecule has 1 atom stereocenters. The molecule has 110 valence electrons. The van der Waals surface area contributed by atoms with Crippen LogP contribution in [0.15, 0.2) is 24.3 Å². The highest BCUT2D eigenvalue weighted by Gasteiger charge is 2.45. The van der Waals surface area contributed by atoms with Crippen molar-refractivity contribution in [1.82, 2.24) is 0 Å². The zero-order chi connectivity index (χ0) is 14.4. The Balaban J connectivity index is 1.50. The molecule has 1 aliphatic heterocycles. The van der Waals surface area contributed by atoms with Gasteiger partial charge in [-0.2, -0.15) is 0 Å². The number of unbranched alkanes of at least 4 members (excludes halogenated alkanes) is 3.